The number of aliphatic imine (C=N–C) groups is 1. The summed E-state index contributed by atoms with van der Waals surface area (Å²) in [7, 11) is 2.16. The van der Waals surface area contributed by atoms with Crippen LogP contribution in [0.3, 0.4) is 0 Å². The lowest BCUT2D eigenvalue weighted by Crippen LogP contribution is -2.44. The van der Waals surface area contributed by atoms with Crippen LogP contribution in [0.4, 0.5) is 29.0 Å². The summed E-state index contributed by atoms with van der Waals surface area (Å²) in [5, 5.41) is 3.25. The lowest BCUT2D eigenvalue weighted by molar-refractivity contribution is -0.128. The van der Waals surface area contributed by atoms with Crippen LogP contribution in [-0.4, -0.2) is 77.7 Å². The molecule has 9 nitrogen and oxygen atoms in total. The van der Waals surface area contributed by atoms with Gasteiger partial charge in [-0.2, -0.15) is 9.97 Å². The van der Waals surface area contributed by atoms with Gasteiger partial charge in [-0.15, -0.1) is 0 Å². The Balaban J connectivity index is 1.31. The minimum absolute atomic E-state index is 0.0160. The first-order valence-electron chi connectivity index (χ1n) is 12.2. The standard InChI is InChI=1S/C26H32N8O/c1-3-22(35)34-11-5-4-6-21(34)16-18-17-28-25-23(18)24(27)30-26(31-25)29-19-7-9-20(10-8-19)33-14-12-32(2)13-15-33/h3,7-10,16-17,21H,1,4-6,11-15H2,2H3,(H3,27,29,30,31). The molecule has 9 heteroatoms. The Bertz CT molecular complexity index is 1160. The number of carbonyl (C=O) groups excluding carboxylic acids is 1. The van der Waals surface area contributed by atoms with Gasteiger partial charge in [-0.1, -0.05) is 12.7 Å². The van der Waals surface area contributed by atoms with Crippen molar-refractivity contribution in [2.45, 2.75) is 25.3 Å². The van der Waals surface area contributed by atoms with Crippen molar-refractivity contribution in [2.24, 2.45) is 4.99 Å². The third-order valence-electron chi connectivity index (χ3n) is 6.90. The van der Waals surface area contributed by atoms with Gasteiger partial charge in [0.15, 0.2) is 5.82 Å². The number of nitrogens with two attached hydrogens (primary N) is 1. The molecular weight excluding hydrogens is 440 g/mol. The highest BCUT2D eigenvalue weighted by molar-refractivity contribution is 6.18. The zero-order valence-corrected chi connectivity index (χ0v) is 20.2. The number of likely N-dealkylation sites (N-methyl/N-ethyl adjacent to an activating group) is 1. The highest BCUT2D eigenvalue weighted by Gasteiger charge is 2.27. The second-order valence-corrected chi connectivity index (χ2v) is 9.27. The monoisotopic (exact) mass is 472 g/mol. The van der Waals surface area contributed by atoms with Crippen molar-refractivity contribution in [3.8, 4) is 0 Å². The smallest absolute Gasteiger partial charge is 0.246 e. The molecule has 3 aliphatic rings. The molecule has 35 heavy (non-hydrogen) atoms. The maximum absolute atomic E-state index is 12.3. The summed E-state index contributed by atoms with van der Waals surface area (Å²) in [6.45, 7) is 8.57. The molecule has 0 aliphatic carbocycles. The lowest BCUT2D eigenvalue weighted by atomic mass is 9.98. The second-order valence-electron chi connectivity index (χ2n) is 9.27. The molecule has 0 spiro atoms. The summed E-state index contributed by atoms with van der Waals surface area (Å²) in [5.41, 5.74) is 10.0. The van der Waals surface area contributed by atoms with Gasteiger partial charge in [0.2, 0.25) is 11.9 Å². The highest BCUT2D eigenvalue weighted by atomic mass is 16.2. The summed E-state index contributed by atoms with van der Waals surface area (Å²) >= 11 is 0. The molecule has 1 unspecified atom stereocenters. The topological polar surface area (TPSA) is 103 Å². The minimum atomic E-state index is -0.0517. The third kappa shape index (κ3) is 4.90. The first-order valence-corrected chi connectivity index (χ1v) is 12.2. The van der Waals surface area contributed by atoms with Crippen LogP contribution >= 0.6 is 0 Å². The number of allylic oxidation sites excluding steroid dienone is 1. The molecule has 1 amide bonds. The number of anilines is 4. The van der Waals surface area contributed by atoms with Gasteiger partial charge in [0.05, 0.1) is 11.6 Å². The van der Waals surface area contributed by atoms with E-state index in [1.54, 1.807) is 6.21 Å². The lowest BCUT2D eigenvalue weighted by Gasteiger charge is -2.34. The van der Waals surface area contributed by atoms with Crippen molar-refractivity contribution in [1.29, 1.82) is 0 Å². The first kappa shape index (κ1) is 23.0. The minimum Gasteiger partial charge on any atom is -0.383 e. The number of piperidine rings is 1. The number of piperazine rings is 1. The van der Waals surface area contributed by atoms with Gasteiger partial charge in [0.1, 0.15) is 5.82 Å². The van der Waals surface area contributed by atoms with Crippen LogP contribution in [0.2, 0.25) is 0 Å². The van der Waals surface area contributed by atoms with Crippen molar-refractivity contribution in [3.05, 3.63) is 48.6 Å². The van der Waals surface area contributed by atoms with Crippen LogP contribution in [-0.2, 0) is 4.79 Å². The normalized spacial score (nSPS) is 21.3. The molecule has 3 aliphatic heterocycles. The van der Waals surface area contributed by atoms with Gasteiger partial charge < -0.3 is 25.8 Å². The van der Waals surface area contributed by atoms with Crippen LogP contribution in [0, 0.1) is 0 Å². The average molecular weight is 473 g/mol. The Morgan fingerprint density at radius 2 is 1.89 bits per heavy atom. The van der Waals surface area contributed by atoms with Crippen molar-refractivity contribution in [1.82, 2.24) is 19.8 Å². The number of aromatic nitrogens is 2. The summed E-state index contributed by atoms with van der Waals surface area (Å²) in [5.74, 6) is 1.27. The average Bonchev–Trinajstić information content (AvgIpc) is 3.28. The van der Waals surface area contributed by atoms with Crippen LogP contribution in [0.1, 0.15) is 24.8 Å². The Morgan fingerprint density at radius 1 is 1.11 bits per heavy atom. The Kier molecular flexibility index (Phi) is 6.50. The maximum atomic E-state index is 12.3. The van der Waals surface area contributed by atoms with Crippen molar-refractivity contribution < 1.29 is 4.79 Å². The molecule has 2 aromatic rings. The predicted octanol–water partition coefficient (Wildman–Crippen LogP) is 3.22. The van der Waals surface area contributed by atoms with Gasteiger partial charge >= 0.3 is 0 Å². The van der Waals surface area contributed by atoms with Gasteiger partial charge in [-0.25, -0.2) is 4.99 Å². The van der Waals surface area contributed by atoms with Crippen LogP contribution in [0.25, 0.3) is 5.57 Å². The number of likely N-dealkylation sites (tertiary alicyclic amines) is 1. The van der Waals surface area contributed by atoms with E-state index in [0.717, 1.165) is 68.8 Å². The molecule has 5 rings (SSSR count). The number of nitrogens with one attached hydrogen (secondary N) is 1. The number of hydrogen-bond acceptors (Lipinski definition) is 8. The number of nitrogen functional groups attached to an aromatic ring is 1. The number of nitrogens with zero attached hydrogens (tertiary/aromatic N) is 6. The number of hydrogen-bond donors (Lipinski definition) is 2. The van der Waals surface area contributed by atoms with Crippen LogP contribution in [0.15, 0.2) is 48.0 Å². The van der Waals surface area contributed by atoms with Crippen molar-refractivity contribution in [2.75, 3.05) is 55.7 Å². The van der Waals surface area contributed by atoms with E-state index in [-0.39, 0.29) is 11.9 Å². The largest absolute Gasteiger partial charge is 0.383 e. The molecule has 2 fully saturated rings. The summed E-state index contributed by atoms with van der Waals surface area (Å²) in [6.07, 6.45) is 8.16. The predicted molar refractivity (Wildman–Crippen MR) is 142 cm³/mol. The Morgan fingerprint density at radius 3 is 2.63 bits per heavy atom. The SMILES string of the molecule is C=CC(=O)N1CCCCC1C=C1C=Nc2nc(Nc3ccc(N4CCN(C)CC4)cc3)nc(N)c21. The quantitative estimate of drug-likeness (QED) is 0.644. The van der Waals surface area contributed by atoms with E-state index in [2.05, 4.69) is 61.9 Å². The van der Waals surface area contributed by atoms with Gasteiger partial charge in [0, 0.05) is 55.9 Å². The van der Waals surface area contributed by atoms with Crippen LogP contribution in [0.5, 0.6) is 0 Å². The van der Waals surface area contributed by atoms with E-state index in [9.17, 15) is 4.79 Å². The first-order chi connectivity index (χ1) is 17.0. The number of benzene rings is 1. The third-order valence-corrected chi connectivity index (χ3v) is 6.90. The fourth-order valence-corrected chi connectivity index (χ4v) is 4.89. The molecule has 0 bridgehead atoms. The number of carbonyl (C=O) groups is 1. The zero-order chi connectivity index (χ0) is 24.4. The zero-order valence-electron chi connectivity index (χ0n) is 20.2. The number of fused-ring (bicyclic) bond motifs is 1. The number of amides is 1. The summed E-state index contributed by atoms with van der Waals surface area (Å²) in [4.78, 5) is 32.5. The maximum Gasteiger partial charge on any atom is 0.246 e. The molecule has 4 heterocycles. The van der Waals surface area contributed by atoms with Crippen molar-refractivity contribution >= 4 is 46.7 Å². The molecule has 1 aromatic heterocycles. The van der Waals surface area contributed by atoms with E-state index >= 15 is 0 Å². The number of rotatable bonds is 5. The van der Waals surface area contributed by atoms with Gasteiger partial charge in [-0.3, -0.25) is 4.79 Å². The molecule has 0 radical (unpaired) electrons. The Hall–Kier alpha value is -3.72. The Labute approximate surface area is 206 Å². The van der Waals surface area contributed by atoms with E-state index < -0.39 is 0 Å². The summed E-state index contributed by atoms with van der Waals surface area (Å²) in [6, 6.07) is 8.28. The van der Waals surface area contributed by atoms with E-state index in [4.69, 9.17) is 5.73 Å². The van der Waals surface area contributed by atoms with E-state index in [1.807, 2.05) is 17.0 Å². The summed E-state index contributed by atoms with van der Waals surface area (Å²) < 4.78 is 0. The highest BCUT2D eigenvalue weighted by Crippen LogP contribution is 2.36. The molecule has 182 valence electrons. The molecule has 2 saturated heterocycles. The van der Waals surface area contributed by atoms with Gasteiger partial charge in [0.25, 0.3) is 0 Å². The van der Waals surface area contributed by atoms with E-state index in [0.29, 0.717) is 17.6 Å². The van der Waals surface area contributed by atoms with Crippen LogP contribution < -0.4 is 16.0 Å². The van der Waals surface area contributed by atoms with Gasteiger partial charge in [-0.05, 0) is 56.7 Å². The molecule has 3 N–H and O–H groups in total. The molecular formula is C26H32N8O. The molecule has 1 atom stereocenters. The van der Waals surface area contributed by atoms with E-state index in [1.165, 1.54) is 11.8 Å². The molecule has 0 saturated carbocycles. The fraction of sp³-hybridized carbons (Fsp3) is 0.385. The fourth-order valence-electron chi connectivity index (χ4n) is 4.89. The molecule has 1 aromatic carbocycles. The second kappa shape index (κ2) is 9.87. The van der Waals surface area contributed by atoms with Crippen molar-refractivity contribution in [3.63, 3.8) is 0 Å².